The summed E-state index contributed by atoms with van der Waals surface area (Å²) in [6, 6.07) is 24.6. The number of hydrazine groups is 1. The van der Waals surface area contributed by atoms with Gasteiger partial charge in [0, 0.05) is 35.3 Å². The van der Waals surface area contributed by atoms with Crippen LogP contribution in [0.15, 0.2) is 109 Å². The molecule has 4 amide bonds. The average Bonchev–Trinajstić information content (AvgIpc) is 3.63. The number of methoxy groups -OCH3 is 1. The van der Waals surface area contributed by atoms with Gasteiger partial charge in [0.15, 0.2) is 0 Å². The highest BCUT2D eigenvalue weighted by molar-refractivity contribution is 6.36. The lowest BCUT2D eigenvalue weighted by atomic mass is 9.49. The molecule has 0 aromatic heterocycles. The minimum atomic E-state index is -1.62. The van der Waals surface area contributed by atoms with Gasteiger partial charge in [-0.3, -0.25) is 29.5 Å². The Kier molecular flexibility index (Phi) is 10.0. The molecule has 3 heterocycles. The summed E-state index contributed by atoms with van der Waals surface area (Å²) in [7, 11) is 1.55. The molecular formula is C46H42Cl2N4O7. The summed E-state index contributed by atoms with van der Waals surface area (Å²) in [6.45, 7) is 6.62. The Bertz CT molecular complexity index is 2410. The number of phenolic OH excluding ortho intramolecular Hbond substituents is 1. The van der Waals surface area contributed by atoms with E-state index < -0.39 is 46.8 Å². The summed E-state index contributed by atoms with van der Waals surface area (Å²) in [4.78, 5) is 63.4. The van der Waals surface area contributed by atoms with Crippen molar-refractivity contribution in [3.05, 3.63) is 136 Å². The summed E-state index contributed by atoms with van der Waals surface area (Å²) in [6.07, 6.45) is 4.33. The van der Waals surface area contributed by atoms with E-state index in [2.05, 4.69) is 16.9 Å². The molecular weight excluding hydrogens is 791 g/mol. The number of imide groups is 2. The number of rotatable bonds is 9. The van der Waals surface area contributed by atoms with Gasteiger partial charge in [-0.15, -0.1) is 6.58 Å². The molecule has 2 aliphatic carbocycles. The number of ether oxygens (including phenoxy) is 2. The smallest absolute Gasteiger partial charge is 0.260 e. The first-order valence-electron chi connectivity index (χ1n) is 19.7. The molecule has 4 aromatic carbocycles. The van der Waals surface area contributed by atoms with Crippen molar-refractivity contribution in [3.63, 3.8) is 0 Å². The first-order valence-corrected chi connectivity index (χ1v) is 20.5. The molecule has 0 spiro atoms. The van der Waals surface area contributed by atoms with E-state index in [0.29, 0.717) is 52.8 Å². The third-order valence-corrected chi connectivity index (χ3v) is 13.4. The maximum Gasteiger partial charge on any atom is 0.260 e. The Morgan fingerprint density at radius 2 is 1.64 bits per heavy atom. The molecule has 6 unspecified atom stereocenters. The number of benzene rings is 4. The summed E-state index contributed by atoms with van der Waals surface area (Å²) < 4.78 is 11.0. The minimum Gasteiger partial charge on any atom is -0.507 e. The zero-order chi connectivity index (χ0) is 41.2. The van der Waals surface area contributed by atoms with Gasteiger partial charge in [0.25, 0.3) is 11.8 Å². The van der Waals surface area contributed by atoms with E-state index in [9.17, 15) is 14.7 Å². The Hall–Kier alpha value is -5.62. The molecule has 4 fully saturated rings. The van der Waals surface area contributed by atoms with E-state index in [-0.39, 0.29) is 41.1 Å². The van der Waals surface area contributed by atoms with E-state index in [0.717, 1.165) is 29.4 Å². The van der Waals surface area contributed by atoms with E-state index in [1.807, 2.05) is 24.3 Å². The van der Waals surface area contributed by atoms with Gasteiger partial charge in [0.1, 0.15) is 11.5 Å². The molecule has 0 bridgehead atoms. The van der Waals surface area contributed by atoms with Crippen molar-refractivity contribution in [2.45, 2.75) is 30.6 Å². The van der Waals surface area contributed by atoms with Gasteiger partial charge in [0.2, 0.25) is 11.8 Å². The molecule has 2 N–H and O–H groups in total. The molecule has 59 heavy (non-hydrogen) atoms. The fraction of sp³-hybridized carbons (Fsp3) is 0.304. The molecule has 0 radical (unpaired) electrons. The number of para-hydroxylation sites is 1. The van der Waals surface area contributed by atoms with Gasteiger partial charge >= 0.3 is 0 Å². The van der Waals surface area contributed by atoms with Crippen LogP contribution in [0.2, 0.25) is 10.0 Å². The molecule has 5 aliphatic rings. The lowest BCUT2D eigenvalue weighted by Crippen LogP contribution is -2.53. The SMILES string of the molecule is C=CCc1cccc(C2C3=CCC4C(=O)N(c5ccc(N6CCOCC6)cc5)C(=O)C4C3CC3C(=O)N(Nc4ccc(Cl)cc4Cl)C(=O)C32c2ccc(OC)cc2)c1O. The second-order valence-electron chi connectivity index (χ2n) is 15.7. The number of amides is 4. The van der Waals surface area contributed by atoms with Crippen molar-refractivity contribution in [1.29, 1.82) is 0 Å². The first kappa shape index (κ1) is 38.9. The molecule has 3 aliphatic heterocycles. The third-order valence-electron chi connectivity index (χ3n) is 12.9. The molecule has 11 nitrogen and oxygen atoms in total. The Morgan fingerprint density at radius 3 is 2.34 bits per heavy atom. The first-order chi connectivity index (χ1) is 28.6. The minimum absolute atomic E-state index is 0.0316. The van der Waals surface area contributed by atoms with Crippen LogP contribution in [-0.2, 0) is 35.8 Å². The molecule has 13 heteroatoms. The zero-order valence-corrected chi connectivity index (χ0v) is 33.8. The zero-order valence-electron chi connectivity index (χ0n) is 32.3. The van der Waals surface area contributed by atoms with Crippen molar-refractivity contribution in [3.8, 4) is 11.5 Å². The summed E-state index contributed by atoms with van der Waals surface area (Å²) in [5.41, 5.74) is 5.42. The lowest BCUT2D eigenvalue weighted by molar-refractivity contribution is -0.138. The number of morpholine rings is 1. The number of nitrogens with zero attached hydrogens (tertiary/aromatic N) is 3. The normalized spacial score (nSPS) is 26.3. The number of carbonyl (C=O) groups is 4. The van der Waals surface area contributed by atoms with E-state index in [4.69, 9.17) is 32.7 Å². The van der Waals surface area contributed by atoms with Crippen LogP contribution in [0.1, 0.15) is 35.4 Å². The topological polar surface area (TPSA) is 129 Å². The Morgan fingerprint density at radius 1 is 0.915 bits per heavy atom. The maximum absolute atomic E-state index is 15.6. The third kappa shape index (κ3) is 6.12. The molecule has 4 aromatic rings. The number of hydrogen-bond acceptors (Lipinski definition) is 9. The van der Waals surface area contributed by atoms with Crippen molar-refractivity contribution in [2.24, 2.45) is 23.7 Å². The highest BCUT2D eigenvalue weighted by Gasteiger charge is 2.70. The van der Waals surface area contributed by atoms with Crippen molar-refractivity contribution >= 4 is 63.9 Å². The van der Waals surface area contributed by atoms with Crippen molar-refractivity contribution in [1.82, 2.24) is 5.01 Å². The number of halogens is 2. The van der Waals surface area contributed by atoms with Crippen LogP contribution in [0, 0.1) is 23.7 Å². The molecule has 9 rings (SSSR count). The molecule has 1 saturated carbocycles. The number of allylic oxidation sites excluding steroid dienone is 3. The predicted molar refractivity (Wildman–Crippen MR) is 225 cm³/mol. The van der Waals surface area contributed by atoms with Crippen LogP contribution in [0.5, 0.6) is 11.5 Å². The van der Waals surface area contributed by atoms with E-state index >= 15 is 9.59 Å². The highest BCUT2D eigenvalue weighted by Crippen LogP contribution is 2.65. The number of anilines is 3. The van der Waals surface area contributed by atoms with Gasteiger partial charge in [-0.2, -0.15) is 5.01 Å². The van der Waals surface area contributed by atoms with Gasteiger partial charge in [-0.1, -0.05) is 71.3 Å². The van der Waals surface area contributed by atoms with Crippen molar-refractivity contribution in [2.75, 3.05) is 48.6 Å². The standard InChI is InChI=1S/C46H42Cl2N4O7/c1-3-5-26-6-4-7-34(41(26)53)40-32-17-18-33-39(44(56)51(42(33)54)30-13-11-29(12-14-30)50-20-22-59-23-21-50)35(32)25-36-43(55)52(49-38-19-10-28(47)24-37(38)48)45(57)46(36,40)27-8-15-31(58-2)16-9-27/h3-4,6-17,19,24,33,35-36,39-40,49,53H,1,5,18,20-23,25H2,2H3. The number of hydrogen-bond donors (Lipinski definition) is 2. The number of carbonyl (C=O) groups excluding carboxylic acids is 4. The average molecular weight is 834 g/mol. The van der Waals surface area contributed by atoms with E-state index in [1.165, 1.54) is 11.0 Å². The van der Waals surface area contributed by atoms with Crippen molar-refractivity contribution < 1.29 is 33.8 Å². The van der Waals surface area contributed by atoms with Crippen LogP contribution in [0.4, 0.5) is 17.1 Å². The number of fused-ring (bicyclic) bond motifs is 4. The summed E-state index contributed by atoms with van der Waals surface area (Å²) >= 11 is 12.8. The van der Waals surface area contributed by atoms with Gasteiger partial charge in [-0.05, 0) is 90.9 Å². The Labute approximate surface area is 351 Å². The molecule has 6 atom stereocenters. The number of aromatic hydroxyl groups is 1. The number of nitrogens with one attached hydrogen (secondary N) is 1. The fourth-order valence-corrected chi connectivity index (χ4v) is 10.7. The van der Waals surface area contributed by atoms with Gasteiger partial charge in [0.05, 0.1) is 59.9 Å². The fourth-order valence-electron chi connectivity index (χ4n) is 10.2. The van der Waals surface area contributed by atoms with Crippen LogP contribution in [0.3, 0.4) is 0 Å². The van der Waals surface area contributed by atoms with Crippen LogP contribution in [-0.4, -0.2) is 67.2 Å². The monoisotopic (exact) mass is 832 g/mol. The quantitative estimate of drug-likeness (QED) is 0.131. The second-order valence-corrected chi connectivity index (χ2v) is 16.5. The Balaban J connectivity index is 1.19. The second kappa shape index (κ2) is 15.2. The van der Waals surface area contributed by atoms with E-state index in [1.54, 1.807) is 73.8 Å². The molecule has 302 valence electrons. The molecule has 3 saturated heterocycles. The van der Waals surface area contributed by atoms with Gasteiger partial charge < -0.3 is 19.5 Å². The van der Waals surface area contributed by atoms with Gasteiger partial charge in [-0.25, -0.2) is 0 Å². The lowest BCUT2D eigenvalue weighted by Gasteiger charge is -2.50. The highest BCUT2D eigenvalue weighted by atomic mass is 35.5. The maximum atomic E-state index is 15.6. The largest absolute Gasteiger partial charge is 0.507 e. The summed E-state index contributed by atoms with van der Waals surface area (Å²) in [5.74, 6) is -5.31. The van der Waals surface area contributed by atoms with Crippen LogP contribution < -0.4 is 20.0 Å². The van der Waals surface area contributed by atoms with Crippen LogP contribution >= 0.6 is 23.2 Å². The number of phenols is 1. The predicted octanol–water partition coefficient (Wildman–Crippen LogP) is 7.46. The van der Waals surface area contributed by atoms with Crippen LogP contribution in [0.25, 0.3) is 0 Å². The summed E-state index contributed by atoms with van der Waals surface area (Å²) in [5, 5.41) is 13.7.